The van der Waals surface area contributed by atoms with E-state index in [-0.39, 0.29) is 12.0 Å². The molecular weight excluding hydrogens is 206 g/mol. The van der Waals surface area contributed by atoms with Gasteiger partial charge in [0.25, 0.3) is 0 Å². The van der Waals surface area contributed by atoms with Crippen LogP contribution >= 0.6 is 0 Å². The number of hydrogen-bond acceptors (Lipinski definition) is 4. The van der Waals surface area contributed by atoms with Crippen molar-refractivity contribution >= 4 is 5.97 Å². The van der Waals surface area contributed by atoms with Crippen LogP contribution in [0.25, 0.3) is 0 Å². The van der Waals surface area contributed by atoms with Crippen LogP contribution in [0.3, 0.4) is 0 Å². The molecule has 0 fully saturated rings. The van der Waals surface area contributed by atoms with Crippen LogP contribution in [0.5, 0.6) is 0 Å². The normalized spacial score (nSPS) is 12.8. The second-order valence-corrected chi connectivity index (χ2v) is 4.14. The quantitative estimate of drug-likeness (QED) is 0.483. The average molecular weight is 231 g/mol. The second-order valence-electron chi connectivity index (χ2n) is 4.14. The minimum Gasteiger partial charge on any atom is -0.465 e. The van der Waals surface area contributed by atoms with Crippen LogP contribution in [0.4, 0.5) is 0 Å². The molecule has 16 heavy (non-hydrogen) atoms. The molecule has 0 aromatic heterocycles. The molecule has 1 N–H and O–H groups in total. The van der Waals surface area contributed by atoms with Gasteiger partial charge in [0, 0.05) is 13.2 Å². The van der Waals surface area contributed by atoms with E-state index in [1.54, 1.807) is 0 Å². The predicted molar refractivity (Wildman–Crippen MR) is 64.4 cm³/mol. The number of ether oxygens (including phenoxy) is 2. The van der Waals surface area contributed by atoms with Gasteiger partial charge in [-0.05, 0) is 19.3 Å². The van der Waals surface area contributed by atoms with E-state index in [0.29, 0.717) is 25.7 Å². The molecule has 0 spiro atoms. The second kappa shape index (κ2) is 9.60. The first-order valence-electron chi connectivity index (χ1n) is 6.09. The third kappa shape index (κ3) is 7.65. The van der Waals surface area contributed by atoms with E-state index < -0.39 is 0 Å². The van der Waals surface area contributed by atoms with Crippen LogP contribution in [0.2, 0.25) is 0 Å². The fourth-order valence-corrected chi connectivity index (χ4v) is 1.26. The van der Waals surface area contributed by atoms with Gasteiger partial charge >= 0.3 is 5.97 Å². The van der Waals surface area contributed by atoms with Crippen molar-refractivity contribution in [1.82, 2.24) is 5.32 Å². The van der Waals surface area contributed by atoms with E-state index >= 15 is 0 Å². The van der Waals surface area contributed by atoms with Crippen LogP contribution in [0, 0.1) is 5.92 Å². The van der Waals surface area contributed by atoms with Crippen LogP contribution < -0.4 is 5.32 Å². The summed E-state index contributed by atoms with van der Waals surface area (Å²) in [6.07, 6.45) is 0.739. The van der Waals surface area contributed by atoms with Crippen LogP contribution in [-0.4, -0.2) is 38.4 Å². The number of carbonyl (C=O) groups is 1. The standard InChI is InChI=1S/C12H25NO3/c1-5-11(12(14)16-6-2)13-7-8-15-9-10(3)4/h10-11,13H,5-9H2,1-4H3. The lowest BCUT2D eigenvalue weighted by Crippen LogP contribution is -2.39. The molecule has 0 saturated carbocycles. The van der Waals surface area contributed by atoms with Gasteiger partial charge in [0.05, 0.1) is 13.2 Å². The number of hydrogen-bond donors (Lipinski definition) is 1. The maximum absolute atomic E-state index is 11.4. The van der Waals surface area contributed by atoms with E-state index in [2.05, 4.69) is 19.2 Å². The number of nitrogens with one attached hydrogen (secondary N) is 1. The van der Waals surface area contributed by atoms with Crippen molar-refractivity contribution in [3.8, 4) is 0 Å². The Labute approximate surface area is 98.7 Å². The Morgan fingerprint density at radius 3 is 2.50 bits per heavy atom. The molecule has 0 aliphatic carbocycles. The summed E-state index contributed by atoms with van der Waals surface area (Å²) >= 11 is 0. The molecule has 1 unspecified atom stereocenters. The van der Waals surface area contributed by atoms with Gasteiger partial charge in [-0.25, -0.2) is 0 Å². The van der Waals surface area contributed by atoms with Crippen molar-refractivity contribution in [3.05, 3.63) is 0 Å². The zero-order chi connectivity index (χ0) is 12.4. The maximum atomic E-state index is 11.4. The molecule has 0 amide bonds. The zero-order valence-electron chi connectivity index (χ0n) is 10.9. The summed E-state index contributed by atoms with van der Waals surface area (Å²) in [5.41, 5.74) is 0. The van der Waals surface area contributed by atoms with Crippen LogP contribution in [0.1, 0.15) is 34.1 Å². The van der Waals surface area contributed by atoms with E-state index in [0.717, 1.165) is 13.0 Å². The number of rotatable bonds is 9. The highest BCUT2D eigenvalue weighted by molar-refractivity contribution is 5.75. The van der Waals surface area contributed by atoms with Gasteiger partial charge in [0.2, 0.25) is 0 Å². The summed E-state index contributed by atoms with van der Waals surface area (Å²) in [6.45, 7) is 10.5. The minimum absolute atomic E-state index is 0.172. The van der Waals surface area contributed by atoms with Gasteiger partial charge in [0.1, 0.15) is 6.04 Å². The third-order valence-corrected chi connectivity index (χ3v) is 2.07. The molecule has 4 nitrogen and oxygen atoms in total. The lowest BCUT2D eigenvalue weighted by atomic mass is 10.2. The summed E-state index contributed by atoms with van der Waals surface area (Å²) in [5, 5.41) is 3.13. The Bertz CT molecular complexity index is 183. The number of esters is 1. The summed E-state index contributed by atoms with van der Waals surface area (Å²) in [7, 11) is 0. The highest BCUT2D eigenvalue weighted by Crippen LogP contribution is 1.95. The van der Waals surface area contributed by atoms with E-state index in [9.17, 15) is 4.79 Å². The fraction of sp³-hybridized carbons (Fsp3) is 0.917. The van der Waals surface area contributed by atoms with E-state index in [1.165, 1.54) is 0 Å². The molecule has 0 heterocycles. The molecule has 4 heteroatoms. The molecule has 0 aliphatic rings. The van der Waals surface area contributed by atoms with Crippen molar-refractivity contribution in [3.63, 3.8) is 0 Å². The Kier molecular flexibility index (Phi) is 9.24. The molecular formula is C12H25NO3. The van der Waals surface area contributed by atoms with Crippen molar-refractivity contribution in [2.45, 2.75) is 40.2 Å². The Hall–Kier alpha value is -0.610. The van der Waals surface area contributed by atoms with E-state index in [1.807, 2.05) is 13.8 Å². The Morgan fingerprint density at radius 1 is 1.31 bits per heavy atom. The fourth-order valence-electron chi connectivity index (χ4n) is 1.26. The lowest BCUT2D eigenvalue weighted by Gasteiger charge is -2.15. The SMILES string of the molecule is CCOC(=O)C(CC)NCCOCC(C)C. The smallest absolute Gasteiger partial charge is 0.323 e. The molecule has 0 bridgehead atoms. The Balaban J connectivity index is 3.59. The first kappa shape index (κ1) is 15.4. The van der Waals surface area contributed by atoms with Gasteiger partial charge in [-0.3, -0.25) is 4.79 Å². The predicted octanol–water partition coefficient (Wildman–Crippen LogP) is 1.59. The Morgan fingerprint density at radius 2 is 2.00 bits per heavy atom. The maximum Gasteiger partial charge on any atom is 0.323 e. The first-order chi connectivity index (χ1) is 7.61. The topological polar surface area (TPSA) is 47.6 Å². The van der Waals surface area contributed by atoms with Crippen LogP contribution in [-0.2, 0) is 14.3 Å². The molecule has 0 aromatic carbocycles. The highest BCUT2D eigenvalue weighted by Gasteiger charge is 2.15. The monoisotopic (exact) mass is 231 g/mol. The highest BCUT2D eigenvalue weighted by atomic mass is 16.5. The largest absolute Gasteiger partial charge is 0.465 e. The van der Waals surface area contributed by atoms with Crippen molar-refractivity contribution < 1.29 is 14.3 Å². The van der Waals surface area contributed by atoms with Gasteiger partial charge < -0.3 is 14.8 Å². The van der Waals surface area contributed by atoms with Gasteiger partial charge in [-0.1, -0.05) is 20.8 Å². The van der Waals surface area contributed by atoms with Gasteiger partial charge in [-0.15, -0.1) is 0 Å². The number of carbonyl (C=O) groups excluding carboxylic acids is 1. The molecule has 96 valence electrons. The molecule has 0 saturated heterocycles. The molecule has 0 aromatic rings. The third-order valence-electron chi connectivity index (χ3n) is 2.07. The van der Waals surface area contributed by atoms with Gasteiger partial charge in [-0.2, -0.15) is 0 Å². The van der Waals surface area contributed by atoms with Crippen molar-refractivity contribution in [2.75, 3.05) is 26.4 Å². The summed E-state index contributed by atoms with van der Waals surface area (Å²) in [5.74, 6) is 0.376. The molecule has 0 radical (unpaired) electrons. The summed E-state index contributed by atoms with van der Waals surface area (Å²) in [6, 6.07) is -0.206. The first-order valence-corrected chi connectivity index (χ1v) is 6.09. The van der Waals surface area contributed by atoms with Crippen molar-refractivity contribution in [2.24, 2.45) is 5.92 Å². The zero-order valence-corrected chi connectivity index (χ0v) is 10.9. The summed E-state index contributed by atoms with van der Waals surface area (Å²) < 4.78 is 10.4. The lowest BCUT2D eigenvalue weighted by molar-refractivity contribution is -0.145. The average Bonchev–Trinajstić information content (AvgIpc) is 2.23. The molecule has 0 rings (SSSR count). The van der Waals surface area contributed by atoms with Crippen molar-refractivity contribution in [1.29, 1.82) is 0 Å². The summed E-state index contributed by atoms with van der Waals surface area (Å²) in [4.78, 5) is 11.4. The van der Waals surface area contributed by atoms with Gasteiger partial charge in [0.15, 0.2) is 0 Å². The van der Waals surface area contributed by atoms with Crippen LogP contribution in [0.15, 0.2) is 0 Å². The molecule has 0 aliphatic heterocycles. The minimum atomic E-state index is -0.206. The van der Waals surface area contributed by atoms with E-state index in [4.69, 9.17) is 9.47 Å². The molecule has 1 atom stereocenters.